The molecule has 1 aliphatic carbocycles. The van der Waals surface area contributed by atoms with Crippen LogP contribution in [-0.2, 0) is 24.2 Å². The molecule has 0 unspecified atom stereocenters. The maximum absolute atomic E-state index is 6.06. The minimum absolute atomic E-state index is 0.588. The minimum Gasteiger partial charge on any atom is -0.382 e. The van der Waals surface area contributed by atoms with Gasteiger partial charge in [-0.25, -0.2) is 4.68 Å². The standard InChI is InChI=1S/C15H19N3O/c1-19-10-11-6-2-4-8-13(11)18-14-9-5-3-7-12(14)15(16)17-18/h2,4,6,8H,3,5,7,9-10H2,1H3,(H2,16,17). The Morgan fingerprint density at radius 1 is 1.26 bits per heavy atom. The summed E-state index contributed by atoms with van der Waals surface area (Å²) in [7, 11) is 1.71. The average molecular weight is 257 g/mol. The fraction of sp³-hybridized carbons (Fsp3) is 0.400. The molecule has 1 aliphatic rings. The molecule has 1 heterocycles. The molecule has 0 bridgehead atoms. The Kier molecular flexibility index (Phi) is 3.25. The molecule has 100 valence electrons. The van der Waals surface area contributed by atoms with Crippen LogP contribution in [0.4, 0.5) is 5.82 Å². The van der Waals surface area contributed by atoms with E-state index in [1.807, 2.05) is 16.8 Å². The fourth-order valence-electron chi connectivity index (χ4n) is 2.82. The van der Waals surface area contributed by atoms with Crippen molar-refractivity contribution in [2.24, 2.45) is 0 Å². The van der Waals surface area contributed by atoms with Gasteiger partial charge in [-0.15, -0.1) is 0 Å². The Morgan fingerprint density at radius 3 is 2.89 bits per heavy atom. The number of aromatic nitrogens is 2. The second-order valence-corrected chi connectivity index (χ2v) is 4.99. The van der Waals surface area contributed by atoms with Gasteiger partial charge in [-0.3, -0.25) is 0 Å². The van der Waals surface area contributed by atoms with Gasteiger partial charge in [0.15, 0.2) is 0 Å². The molecule has 0 saturated carbocycles. The van der Waals surface area contributed by atoms with E-state index in [4.69, 9.17) is 10.5 Å². The van der Waals surface area contributed by atoms with Crippen molar-refractivity contribution in [2.75, 3.05) is 12.8 Å². The lowest BCUT2D eigenvalue weighted by Crippen LogP contribution is -2.09. The highest BCUT2D eigenvalue weighted by Crippen LogP contribution is 2.29. The quantitative estimate of drug-likeness (QED) is 0.919. The van der Waals surface area contributed by atoms with Crippen LogP contribution >= 0.6 is 0 Å². The molecule has 2 aromatic rings. The zero-order chi connectivity index (χ0) is 13.2. The van der Waals surface area contributed by atoms with Crippen molar-refractivity contribution < 1.29 is 4.74 Å². The first-order chi connectivity index (χ1) is 9.31. The van der Waals surface area contributed by atoms with Crippen molar-refractivity contribution in [2.45, 2.75) is 32.3 Å². The summed E-state index contributed by atoms with van der Waals surface area (Å²) in [6, 6.07) is 8.21. The molecule has 0 radical (unpaired) electrons. The first-order valence-corrected chi connectivity index (χ1v) is 6.74. The summed E-state index contributed by atoms with van der Waals surface area (Å²) in [5.74, 6) is 0.682. The van der Waals surface area contributed by atoms with Crippen molar-refractivity contribution >= 4 is 5.82 Å². The monoisotopic (exact) mass is 257 g/mol. The number of benzene rings is 1. The molecule has 3 rings (SSSR count). The molecule has 0 amide bonds. The Balaban J connectivity index is 2.12. The molecule has 4 nitrogen and oxygen atoms in total. The molecule has 0 spiro atoms. The van der Waals surface area contributed by atoms with E-state index in [0.29, 0.717) is 12.4 Å². The third-order valence-corrected chi connectivity index (χ3v) is 3.73. The number of hydrogen-bond donors (Lipinski definition) is 1. The highest BCUT2D eigenvalue weighted by molar-refractivity contribution is 5.50. The second-order valence-electron chi connectivity index (χ2n) is 4.99. The van der Waals surface area contributed by atoms with E-state index in [2.05, 4.69) is 17.2 Å². The summed E-state index contributed by atoms with van der Waals surface area (Å²) >= 11 is 0. The zero-order valence-electron chi connectivity index (χ0n) is 11.2. The van der Waals surface area contributed by atoms with Crippen molar-refractivity contribution in [3.05, 3.63) is 41.1 Å². The van der Waals surface area contributed by atoms with Gasteiger partial charge in [0.05, 0.1) is 12.3 Å². The van der Waals surface area contributed by atoms with E-state index >= 15 is 0 Å². The number of hydrogen-bond acceptors (Lipinski definition) is 3. The Morgan fingerprint density at radius 2 is 2.05 bits per heavy atom. The van der Waals surface area contributed by atoms with Gasteiger partial charge in [0, 0.05) is 23.9 Å². The lowest BCUT2D eigenvalue weighted by atomic mass is 9.97. The topological polar surface area (TPSA) is 53.1 Å². The summed E-state index contributed by atoms with van der Waals surface area (Å²) < 4.78 is 7.28. The van der Waals surface area contributed by atoms with Crippen LogP contribution in [0.3, 0.4) is 0 Å². The minimum atomic E-state index is 0.588. The first-order valence-electron chi connectivity index (χ1n) is 6.74. The van der Waals surface area contributed by atoms with Crippen LogP contribution in [-0.4, -0.2) is 16.9 Å². The van der Waals surface area contributed by atoms with Gasteiger partial charge < -0.3 is 10.5 Å². The molecule has 0 fully saturated rings. The predicted octanol–water partition coefficient (Wildman–Crippen LogP) is 2.48. The molecule has 0 aliphatic heterocycles. The highest BCUT2D eigenvalue weighted by atomic mass is 16.5. The first kappa shape index (κ1) is 12.2. The molecule has 1 aromatic carbocycles. The largest absolute Gasteiger partial charge is 0.382 e. The van der Waals surface area contributed by atoms with Crippen LogP contribution in [0.25, 0.3) is 5.69 Å². The maximum atomic E-state index is 6.06. The number of nitrogen functional groups attached to an aromatic ring is 1. The number of fused-ring (bicyclic) bond motifs is 1. The summed E-state index contributed by atoms with van der Waals surface area (Å²) in [5.41, 5.74) is 10.8. The number of nitrogens with two attached hydrogens (primary N) is 1. The summed E-state index contributed by atoms with van der Waals surface area (Å²) in [6.45, 7) is 0.588. The van der Waals surface area contributed by atoms with Gasteiger partial charge >= 0.3 is 0 Å². The Labute approximate surface area is 113 Å². The van der Waals surface area contributed by atoms with Gasteiger partial charge in [-0.05, 0) is 31.7 Å². The van der Waals surface area contributed by atoms with Crippen LogP contribution in [0.5, 0.6) is 0 Å². The van der Waals surface area contributed by atoms with Gasteiger partial charge in [-0.1, -0.05) is 18.2 Å². The average Bonchev–Trinajstić information content (AvgIpc) is 2.78. The fourth-order valence-corrected chi connectivity index (χ4v) is 2.82. The van der Waals surface area contributed by atoms with Crippen molar-refractivity contribution in [1.82, 2.24) is 9.78 Å². The van der Waals surface area contributed by atoms with E-state index in [9.17, 15) is 0 Å². The lowest BCUT2D eigenvalue weighted by molar-refractivity contribution is 0.184. The highest BCUT2D eigenvalue weighted by Gasteiger charge is 2.20. The van der Waals surface area contributed by atoms with Gasteiger partial charge in [-0.2, -0.15) is 5.10 Å². The molecule has 0 saturated heterocycles. The number of methoxy groups -OCH3 is 1. The van der Waals surface area contributed by atoms with E-state index in [0.717, 1.165) is 24.1 Å². The molecule has 19 heavy (non-hydrogen) atoms. The predicted molar refractivity (Wildman–Crippen MR) is 75.3 cm³/mol. The van der Waals surface area contributed by atoms with E-state index in [1.54, 1.807) is 7.11 Å². The Bertz CT molecular complexity index is 589. The normalized spacial score (nSPS) is 14.4. The Hall–Kier alpha value is -1.81. The second kappa shape index (κ2) is 5.05. The van der Waals surface area contributed by atoms with Crippen LogP contribution in [0.15, 0.2) is 24.3 Å². The number of para-hydroxylation sites is 1. The van der Waals surface area contributed by atoms with E-state index in [-0.39, 0.29) is 0 Å². The van der Waals surface area contributed by atoms with Gasteiger partial charge in [0.2, 0.25) is 0 Å². The SMILES string of the molecule is COCc1ccccc1-n1nc(N)c2c1CCCC2. The van der Waals surface area contributed by atoms with E-state index < -0.39 is 0 Å². The third-order valence-electron chi connectivity index (χ3n) is 3.73. The molecule has 1 aromatic heterocycles. The van der Waals surface area contributed by atoms with Crippen LogP contribution in [0, 0.1) is 0 Å². The summed E-state index contributed by atoms with van der Waals surface area (Å²) in [4.78, 5) is 0. The molecule has 0 atom stereocenters. The van der Waals surface area contributed by atoms with Crippen molar-refractivity contribution in [3.63, 3.8) is 0 Å². The maximum Gasteiger partial charge on any atom is 0.149 e. The van der Waals surface area contributed by atoms with Crippen molar-refractivity contribution in [1.29, 1.82) is 0 Å². The zero-order valence-corrected chi connectivity index (χ0v) is 11.2. The number of rotatable bonds is 3. The molecule has 4 heteroatoms. The summed E-state index contributed by atoms with van der Waals surface area (Å²) in [5, 5.41) is 4.54. The van der Waals surface area contributed by atoms with Crippen LogP contribution < -0.4 is 5.73 Å². The van der Waals surface area contributed by atoms with Crippen molar-refractivity contribution in [3.8, 4) is 5.69 Å². The number of ether oxygens (including phenoxy) is 1. The number of nitrogens with zero attached hydrogens (tertiary/aromatic N) is 2. The summed E-state index contributed by atoms with van der Waals surface area (Å²) in [6.07, 6.45) is 4.53. The van der Waals surface area contributed by atoms with Gasteiger partial charge in [0.25, 0.3) is 0 Å². The smallest absolute Gasteiger partial charge is 0.149 e. The molecular formula is C15H19N3O. The van der Waals surface area contributed by atoms with Crippen LogP contribution in [0.2, 0.25) is 0 Å². The van der Waals surface area contributed by atoms with Gasteiger partial charge in [0.1, 0.15) is 5.82 Å². The molecular weight excluding hydrogens is 238 g/mol. The molecule has 2 N–H and O–H groups in total. The lowest BCUT2D eigenvalue weighted by Gasteiger charge is -2.15. The van der Waals surface area contributed by atoms with Crippen LogP contribution in [0.1, 0.15) is 29.7 Å². The number of anilines is 1. The van der Waals surface area contributed by atoms with E-state index in [1.165, 1.54) is 24.1 Å². The third kappa shape index (κ3) is 2.12.